The maximum Gasteiger partial charge on any atom is 0.292 e. The van der Waals surface area contributed by atoms with Gasteiger partial charge in [-0.25, -0.2) is 4.68 Å². The van der Waals surface area contributed by atoms with E-state index in [1.165, 1.54) is 12.1 Å². The minimum Gasteiger partial charge on any atom is -0.451 e. The van der Waals surface area contributed by atoms with E-state index in [9.17, 15) is 14.9 Å². The number of nitrogens with one attached hydrogen (secondary N) is 1. The average molecular weight is 467 g/mol. The highest BCUT2D eigenvalue weighted by Gasteiger charge is 2.15. The normalized spacial score (nSPS) is 10.7. The zero-order valence-corrected chi connectivity index (χ0v) is 17.1. The van der Waals surface area contributed by atoms with Crippen molar-refractivity contribution in [2.75, 3.05) is 5.32 Å². The highest BCUT2D eigenvalue weighted by Crippen LogP contribution is 2.25. The molecule has 0 bridgehead atoms. The molecule has 8 nitrogen and oxygen atoms in total. The van der Waals surface area contributed by atoms with Gasteiger partial charge in [0.05, 0.1) is 17.7 Å². The number of carbonyl (C=O) groups is 1. The summed E-state index contributed by atoms with van der Waals surface area (Å²) < 4.78 is 8.30. The van der Waals surface area contributed by atoms with Crippen LogP contribution in [0.15, 0.2) is 81.8 Å². The van der Waals surface area contributed by atoms with Crippen molar-refractivity contribution in [3.8, 4) is 11.3 Å². The molecule has 150 valence electrons. The van der Waals surface area contributed by atoms with Crippen LogP contribution in [0.25, 0.3) is 11.3 Å². The Morgan fingerprint density at radius 1 is 1.07 bits per heavy atom. The topological polar surface area (TPSA) is 103 Å². The Bertz CT molecular complexity index is 1200. The minimum absolute atomic E-state index is 0.0118. The van der Waals surface area contributed by atoms with E-state index < -0.39 is 10.8 Å². The van der Waals surface area contributed by atoms with E-state index in [1.54, 1.807) is 41.2 Å². The van der Waals surface area contributed by atoms with Crippen LogP contribution in [-0.4, -0.2) is 20.6 Å². The molecule has 0 saturated heterocycles. The molecule has 30 heavy (non-hydrogen) atoms. The van der Waals surface area contributed by atoms with Crippen LogP contribution >= 0.6 is 15.9 Å². The molecule has 0 radical (unpaired) electrons. The predicted molar refractivity (Wildman–Crippen MR) is 114 cm³/mol. The Hall–Kier alpha value is -3.72. The fourth-order valence-electron chi connectivity index (χ4n) is 2.87. The second kappa shape index (κ2) is 8.34. The summed E-state index contributed by atoms with van der Waals surface area (Å²) in [7, 11) is 0. The SMILES string of the molecule is O=C(Nc1ccnn1Cc1ccc(Br)cc1)c1ccc(-c2ccc([N+](=O)[O-])cc2)o1. The van der Waals surface area contributed by atoms with Gasteiger partial charge in [-0.2, -0.15) is 5.10 Å². The van der Waals surface area contributed by atoms with Crippen molar-refractivity contribution < 1.29 is 14.1 Å². The summed E-state index contributed by atoms with van der Waals surface area (Å²) in [5, 5.41) is 17.8. The number of hydrogen-bond acceptors (Lipinski definition) is 5. The standard InChI is InChI=1S/C21H15BrN4O4/c22-16-5-1-14(2-6-16)13-25-20(11-12-23-25)24-21(27)19-10-9-18(30-19)15-3-7-17(8-4-15)26(28)29/h1-12H,13H2,(H,24,27). The molecule has 2 heterocycles. The van der Waals surface area contributed by atoms with Gasteiger partial charge in [-0.05, 0) is 42.0 Å². The fraction of sp³-hybridized carbons (Fsp3) is 0.0476. The van der Waals surface area contributed by atoms with Crippen LogP contribution in [-0.2, 0) is 6.54 Å². The largest absolute Gasteiger partial charge is 0.451 e. The third-order valence-corrected chi connectivity index (χ3v) is 4.92. The van der Waals surface area contributed by atoms with Gasteiger partial charge < -0.3 is 9.73 Å². The molecule has 1 amide bonds. The lowest BCUT2D eigenvalue weighted by molar-refractivity contribution is -0.384. The molecular formula is C21H15BrN4O4. The highest BCUT2D eigenvalue weighted by molar-refractivity contribution is 9.10. The second-order valence-corrected chi connectivity index (χ2v) is 7.34. The Morgan fingerprint density at radius 2 is 1.80 bits per heavy atom. The summed E-state index contributed by atoms with van der Waals surface area (Å²) in [4.78, 5) is 22.9. The number of rotatable bonds is 6. The third-order valence-electron chi connectivity index (χ3n) is 4.40. The first-order valence-corrected chi connectivity index (χ1v) is 9.71. The average Bonchev–Trinajstić information content (AvgIpc) is 3.40. The number of amides is 1. The van der Waals surface area contributed by atoms with Crippen LogP contribution in [0.4, 0.5) is 11.5 Å². The van der Waals surface area contributed by atoms with Crippen molar-refractivity contribution >= 4 is 33.3 Å². The van der Waals surface area contributed by atoms with Crippen LogP contribution in [0.5, 0.6) is 0 Å². The number of halogens is 1. The van der Waals surface area contributed by atoms with Crippen LogP contribution in [0, 0.1) is 10.1 Å². The number of nitrogens with zero attached hydrogens (tertiary/aromatic N) is 3. The molecule has 0 atom stereocenters. The molecule has 0 fully saturated rings. The van der Waals surface area contributed by atoms with Gasteiger partial charge in [-0.3, -0.25) is 14.9 Å². The Kier molecular flexibility index (Phi) is 5.44. The van der Waals surface area contributed by atoms with E-state index in [2.05, 4.69) is 26.3 Å². The first-order chi connectivity index (χ1) is 14.5. The van der Waals surface area contributed by atoms with Crippen molar-refractivity contribution in [2.24, 2.45) is 0 Å². The molecule has 0 aliphatic heterocycles. The van der Waals surface area contributed by atoms with Gasteiger partial charge in [0.1, 0.15) is 11.6 Å². The summed E-state index contributed by atoms with van der Waals surface area (Å²) >= 11 is 3.41. The van der Waals surface area contributed by atoms with Gasteiger partial charge >= 0.3 is 0 Å². The zero-order chi connectivity index (χ0) is 21.1. The number of nitro groups is 1. The number of nitro benzene ring substituents is 1. The van der Waals surface area contributed by atoms with E-state index in [0.717, 1.165) is 10.0 Å². The lowest BCUT2D eigenvalue weighted by Crippen LogP contribution is -2.15. The number of furan rings is 1. The molecule has 9 heteroatoms. The summed E-state index contributed by atoms with van der Waals surface area (Å²) in [5.74, 6) is 0.690. The van der Waals surface area contributed by atoms with Crippen molar-refractivity contribution in [2.45, 2.75) is 6.54 Å². The molecule has 0 spiro atoms. The quantitative estimate of drug-likeness (QED) is 0.313. The van der Waals surface area contributed by atoms with E-state index >= 15 is 0 Å². The molecule has 2 aromatic heterocycles. The van der Waals surface area contributed by atoms with E-state index in [4.69, 9.17) is 4.42 Å². The van der Waals surface area contributed by atoms with E-state index in [0.29, 0.717) is 23.7 Å². The monoisotopic (exact) mass is 466 g/mol. The minimum atomic E-state index is -0.470. The molecule has 0 unspecified atom stereocenters. The maximum absolute atomic E-state index is 12.6. The number of benzene rings is 2. The van der Waals surface area contributed by atoms with Crippen molar-refractivity contribution in [1.82, 2.24) is 9.78 Å². The highest BCUT2D eigenvalue weighted by atomic mass is 79.9. The Morgan fingerprint density at radius 3 is 2.50 bits per heavy atom. The van der Waals surface area contributed by atoms with E-state index in [1.807, 2.05) is 24.3 Å². The third kappa shape index (κ3) is 4.31. The Labute approximate surface area is 179 Å². The molecular weight excluding hydrogens is 452 g/mol. The summed E-state index contributed by atoms with van der Waals surface area (Å²) in [6.45, 7) is 0.502. The van der Waals surface area contributed by atoms with Crippen molar-refractivity contribution in [3.05, 3.63) is 98.8 Å². The smallest absolute Gasteiger partial charge is 0.292 e. The van der Waals surface area contributed by atoms with Gasteiger partial charge in [-0.1, -0.05) is 28.1 Å². The molecule has 4 aromatic rings. The second-order valence-electron chi connectivity index (χ2n) is 6.42. The van der Waals surface area contributed by atoms with Crippen molar-refractivity contribution in [1.29, 1.82) is 0 Å². The summed E-state index contributed by atoms with van der Waals surface area (Å²) in [6.07, 6.45) is 1.61. The van der Waals surface area contributed by atoms with Gasteiger partial charge in [-0.15, -0.1) is 0 Å². The van der Waals surface area contributed by atoms with Crippen LogP contribution in [0.2, 0.25) is 0 Å². The fourth-order valence-corrected chi connectivity index (χ4v) is 3.13. The first kappa shape index (κ1) is 19.6. The summed E-state index contributed by atoms with van der Waals surface area (Å²) in [6, 6.07) is 18.7. The number of anilines is 1. The first-order valence-electron chi connectivity index (χ1n) is 8.92. The van der Waals surface area contributed by atoms with E-state index in [-0.39, 0.29) is 11.4 Å². The number of non-ortho nitro benzene ring substituents is 1. The number of carbonyl (C=O) groups excluding carboxylic acids is 1. The zero-order valence-electron chi connectivity index (χ0n) is 15.5. The lowest BCUT2D eigenvalue weighted by atomic mass is 10.1. The molecule has 0 saturated carbocycles. The number of aromatic nitrogens is 2. The van der Waals surface area contributed by atoms with Gasteiger partial charge in [0.25, 0.3) is 11.6 Å². The Balaban J connectivity index is 1.47. The number of hydrogen-bond donors (Lipinski definition) is 1. The van der Waals surface area contributed by atoms with Crippen LogP contribution in [0.1, 0.15) is 16.1 Å². The van der Waals surface area contributed by atoms with Gasteiger partial charge in [0.15, 0.2) is 5.76 Å². The van der Waals surface area contributed by atoms with Crippen LogP contribution in [0.3, 0.4) is 0 Å². The predicted octanol–water partition coefficient (Wildman–Crippen LogP) is 5.11. The molecule has 2 aromatic carbocycles. The molecule has 4 rings (SSSR count). The van der Waals surface area contributed by atoms with Gasteiger partial charge in [0.2, 0.25) is 0 Å². The maximum atomic E-state index is 12.6. The van der Waals surface area contributed by atoms with Crippen LogP contribution < -0.4 is 5.32 Å². The summed E-state index contributed by atoms with van der Waals surface area (Å²) in [5.41, 5.74) is 1.66. The lowest BCUT2D eigenvalue weighted by Gasteiger charge is -2.08. The van der Waals surface area contributed by atoms with Crippen molar-refractivity contribution in [3.63, 3.8) is 0 Å². The molecule has 1 N–H and O–H groups in total. The molecule has 0 aliphatic carbocycles. The van der Waals surface area contributed by atoms with Gasteiger partial charge in [0, 0.05) is 28.2 Å². The molecule has 0 aliphatic rings.